The van der Waals surface area contributed by atoms with E-state index in [1.807, 2.05) is 24.6 Å². The smallest absolute Gasteiger partial charge is 0.191 e. The van der Waals surface area contributed by atoms with Crippen molar-refractivity contribution in [3.63, 3.8) is 0 Å². The first-order valence-electron chi connectivity index (χ1n) is 10.7. The monoisotopic (exact) mass is 541 g/mol. The molecule has 2 N–H and O–H groups in total. The molecule has 1 atom stereocenters. The van der Waals surface area contributed by atoms with Crippen LogP contribution in [0.15, 0.2) is 35.3 Å². The average molecular weight is 541 g/mol. The van der Waals surface area contributed by atoms with Gasteiger partial charge in [-0.3, -0.25) is 0 Å². The lowest BCUT2D eigenvalue weighted by atomic mass is 10.0. The third-order valence-corrected chi connectivity index (χ3v) is 5.65. The summed E-state index contributed by atoms with van der Waals surface area (Å²) in [4.78, 5) is 7.00. The number of aliphatic imine (C=N–C) groups is 1. The number of halogens is 1. The summed E-state index contributed by atoms with van der Waals surface area (Å²) in [5.41, 5.74) is 1.10. The molecular weight excluding hydrogens is 505 g/mol. The van der Waals surface area contributed by atoms with Crippen molar-refractivity contribution in [3.05, 3.63) is 42.0 Å². The molecule has 1 saturated heterocycles. The first-order valence-corrected chi connectivity index (χ1v) is 10.7. The highest BCUT2D eigenvalue weighted by molar-refractivity contribution is 14.0. The van der Waals surface area contributed by atoms with Crippen molar-refractivity contribution in [3.8, 4) is 0 Å². The van der Waals surface area contributed by atoms with Crippen LogP contribution in [0.2, 0.25) is 0 Å². The van der Waals surface area contributed by atoms with Gasteiger partial charge in [-0.15, -0.1) is 34.2 Å². The molecule has 0 amide bonds. The van der Waals surface area contributed by atoms with Crippen LogP contribution in [0.5, 0.6) is 0 Å². The highest BCUT2D eigenvalue weighted by atomic mass is 127. The van der Waals surface area contributed by atoms with Crippen LogP contribution in [-0.4, -0.2) is 59.6 Å². The van der Waals surface area contributed by atoms with Gasteiger partial charge in [0.25, 0.3) is 0 Å². The molecule has 1 unspecified atom stereocenters. The van der Waals surface area contributed by atoms with Crippen molar-refractivity contribution in [2.24, 2.45) is 12.0 Å². The number of anilines is 1. The first kappa shape index (κ1) is 25.4. The van der Waals surface area contributed by atoms with E-state index in [9.17, 15) is 0 Å². The Morgan fingerprint density at radius 3 is 2.68 bits per heavy atom. The van der Waals surface area contributed by atoms with E-state index in [0.717, 1.165) is 63.1 Å². The zero-order valence-corrected chi connectivity index (χ0v) is 21.4. The fraction of sp³-hybridized carbons (Fsp3) is 0.591. The van der Waals surface area contributed by atoms with E-state index in [-0.39, 0.29) is 29.6 Å². The number of nitrogens with zero attached hydrogens (tertiary/aromatic N) is 5. The molecule has 1 fully saturated rings. The quantitative estimate of drug-likeness (QED) is 0.220. The number of guanidine groups is 1. The fourth-order valence-corrected chi connectivity index (χ4v) is 3.49. The summed E-state index contributed by atoms with van der Waals surface area (Å²) in [7, 11) is 4.09. The summed E-state index contributed by atoms with van der Waals surface area (Å²) in [5, 5.41) is 15.3. The van der Waals surface area contributed by atoms with Crippen LogP contribution in [0.4, 0.5) is 5.69 Å². The molecular formula is C22H36IN7O. The molecule has 1 aromatic heterocycles. The van der Waals surface area contributed by atoms with Crippen molar-refractivity contribution in [1.29, 1.82) is 0 Å². The summed E-state index contributed by atoms with van der Waals surface area (Å²) in [5.74, 6) is 2.52. The fourth-order valence-electron chi connectivity index (χ4n) is 3.49. The highest BCUT2D eigenvalue weighted by Gasteiger charge is 2.29. The molecule has 1 aliphatic rings. The molecule has 0 spiro atoms. The molecule has 172 valence electrons. The zero-order valence-electron chi connectivity index (χ0n) is 19.1. The molecule has 31 heavy (non-hydrogen) atoms. The van der Waals surface area contributed by atoms with Crippen LogP contribution in [0.1, 0.15) is 37.8 Å². The van der Waals surface area contributed by atoms with Crippen LogP contribution in [0.3, 0.4) is 0 Å². The molecule has 0 bridgehead atoms. The molecule has 1 aromatic carbocycles. The lowest BCUT2D eigenvalue weighted by Crippen LogP contribution is -2.46. The van der Waals surface area contributed by atoms with Gasteiger partial charge in [0.1, 0.15) is 12.4 Å². The van der Waals surface area contributed by atoms with Gasteiger partial charge >= 0.3 is 0 Å². The number of benzene rings is 1. The van der Waals surface area contributed by atoms with Crippen LogP contribution < -0.4 is 15.5 Å². The molecule has 0 aliphatic carbocycles. The topological polar surface area (TPSA) is 79.6 Å². The summed E-state index contributed by atoms with van der Waals surface area (Å²) in [6.07, 6.45) is 3.18. The van der Waals surface area contributed by atoms with Gasteiger partial charge in [-0.1, -0.05) is 18.2 Å². The van der Waals surface area contributed by atoms with Crippen molar-refractivity contribution in [2.45, 2.75) is 45.3 Å². The molecule has 2 aromatic rings. The Kier molecular flexibility index (Phi) is 10.0. The second-order valence-electron chi connectivity index (χ2n) is 8.18. The van der Waals surface area contributed by atoms with E-state index in [4.69, 9.17) is 9.73 Å². The van der Waals surface area contributed by atoms with Crippen molar-refractivity contribution >= 4 is 35.6 Å². The van der Waals surface area contributed by atoms with Gasteiger partial charge in [-0.25, -0.2) is 4.99 Å². The molecule has 0 saturated carbocycles. The Bertz CT molecular complexity index is 819. The Hall–Kier alpha value is -1.88. The van der Waals surface area contributed by atoms with Gasteiger partial charge in [0.2, 0.25) is 0 Å². The number of nitrogens with one attached hydrogen (secondary N) is 2. The molecule has 0 radical (unpaired) electrons. The van der Waals surface area contributed by atoms with E-state index >= 15 is 0 Å². The van der Waals surface area contributed by atoms with Gasteiger partial charge in [-0.05, 0) is 45.2 Å². The normalized spacial score (nSPS) is 18.5. The predicted molar refractivity (Wildman–Crippen MR) is 136 cm³/mol. The van der Waals surface area contributed by atoms with Crippen LogP contribution >= 0.6 is 24.0 Å². The zero-order chi connectivity index (χ0) is 21.4. The number of aromatic nitrogens is 3. The summed E-state index contributed by atoms with van der Waals surface area (Å²) < 4.78 is 7.87. The van der Waals surface area contributed by atoms with E-state index in [1.54, 1.807) is 0 Å². The number of hydrogen-bond donors (Lipinski definition) is 2. The minimum Gasteiger partial charge on any atom is -0.375 e. The Morgan fingerprint density at radius 2 is 2.03 bits per heavy atom. The number of ether oxygens (including phenoxy) is 1. The Labute approximate surface area is 202 Å². The molecule has 3 rings (SSSR count). The van der Waals surface area contributed by atoms with Crippen molar-refractivity contribution < 1.29 is 4.74 Å². The predicted octanol–water partition coefficient (Wildman–Crippen LogP) is 2.87. The molecule has 8 nitrogen and oxygen atoms in total. The van der Waals surface area contributed by atoms with E-state index in [2.05, 4.69) is 64.0 Å². The van der Waals surface area contributed by atoms with Gasteiger partial charge in [-0.2, -0.15) is 0 Å². The van der Waals surface area contributed by atoms with Crippen LogP contribution in [0.25, 0.3) is 0 Å². The lowest BCUT2D eigenvalue weighted by Gasteiger charge is -2.25. The lowest BCUT2D eigenvalue weighted by molar-refractivity contribution is 0.0242. The van der Waals surface area contributed by atoms with E-state index in [1.165, 1.54) is 5.69 Å². The summed E-state index contributed by atoms with van der Waals surface area (Å²) in [6.45, 7) is 7.95. The molecule has 9 heteroatoms. The second kappa shape index (κ2) is 12.2. The third kappa shape index (κ3) is 7.64. The molecule has 2 heterocycles. The van der Waals surface area contributed by atoms with E-state index < -0.39 is 0 Å². The average Bonchev–Trinajstić information content (AvgIpc) is 3.33. The number of rotatable bonds is 9. The van der Waals surface area contributed by atoms with Gasteiger partial charge in [0.15, 0.2) is 11.8 Å². The van der Waals surface area contributed by atoms with E-state index in [0.29, 0.717) is 6.54 Å². The third-order valence-electron chi connectivity index (χ3n) is 5.65. The van der Waals surface area contributed by atoms with Crippen molar-refractivity contribution in [2.75, 3.05) is 38.2 Å². The molecule has 1 aliphatic heterocycles. The first-order chi connectivity index (χ1) is 14.5. The van der Waals surface area contributed by atoms with Crippen LogP contribution in [0, 0.1) is 6.92 Å². The minimum absolute atomic E-state index is 0. The second-order valence-corrected chi connectivity index (χ2v) is 8.18. The maximum Gasteiger partial charge on any atom is 0.191 e. The Balaban J connectivity index is 0.00000341. The number of hydrogen-bond acceptors (Lipinski definition) is 5. The van der Waals surface area contributed by atoms with Gasteiger partial charge < -0.3 is 24.8 Å². The van der Waals surface area contributed by atoms with Crippen LogP contribution in [-0.2, 0) is 18.3 Å². The summed E-state index contributed by atoms with van der Waals surface area (Å²) >= 11 is 0. The largest absolute Gasteiger partial charge is 0.375 e. The number of aryl methyl sites for hydroxylation is 1. The number of para-hydroxylation sites is 1. The standard InChI is InChI=1S/C22H35N7O.HI/c1-18-26-27-20(29(18)4)16-24-21(25-17-22(2)12-8-15-30-22)23-13-9-14-28(3)19-10-6-5-7-11-19;/h5-7,10-11H,8-9,12-17H2,1-4H3,(H2,23,24,25);1H. The maximum absolute atomic E-state index is 5.90. The maximum atomic E-state index is 5.90. The van der Waals surface area contributed by atoms with Crippen molar-refractivity contribution in [1.82, 2.24) is 25.4 Å². The highest BCUT2D eigenvalue weighted by Crippen LogP contribution is 2.23. The van der Waals surface area contributed by atoms with Gasteiger partial charge in [0, 0.05) is 46.0 Å². The SMILES string of the molecule is Cc1nnc(CN=C(NCCCN(C)c2ccccc2)NCC2(C)CCCO2)n1C.I. The minimum atomic E-state index is -0.128. The Morgan fingerprint density at radius 1 is 1.26 bits per heavy atom. The van der Waals surface area contributed by atoms with Gasteiger partial charge in [0.05, 0.1) is 5.60 Å². The summed E-state index contributed by atoms with van der Waals surface area (Å²) in [6, 6.07) is 10.4.